The molecule has 0 saturated heterocycles. The maximum absolute atomic E-state index is 13.3. The third kappa shape index (κ3) is 4.36. The van der Waals surface area contributed by atoms with Crippen LogP contribution in [-0.4, -0.2) is 12.0 Å². The van der Waals surface area contributed by atoms with Gasteiger partial charge in [-0.1, -0.05) is 13.3 Å². The summed E-state index contributed by atoms with van der Waals surface area (Å²) in [6.45, 7) is 3.54. The molecular weight excluding hydrogens is 368 g/mol. The Balaban J connectivity index is 1.76. The molecule has 1 aromatic heterocycles. The minimum atomic E-state index is -1.06. The topological polar surface area (TPSA) is 68.5 Å². The van der Waals surface area contributed by atoms with E-state index in [-0.39, 0.29) is 5.69 Å². The largest absolute Gasteiger partial charge is 0.481 e. The second-order valence-electron chi connectivity index (χ2n) is 6.38. The van der Waals surface area contributed by atoms with Crippen molar-refractivity contribution in [2.45, 2.75) is 32.8 Å². The zero-order valence-electron chi connectivity index (χ0n) is 15.4. The van der Waals surface area contributed by atoms with Gasteiger partial charge in [-0.05, 0) is 43.2 Å². The molecule has 3 aromatic rings. The van der Waals surface area contributed by atoms with Gasteiger partial charge in [-0.2, -0.15) is 0 Å². The molecule has 2 aromatic carbocycles. The number of hydrogen-bond acceptors (Lipinski definition) is 4. The van der Waals surface area contributed by atoms with Crippen LogP contribution in [0.2, 0.25) is 0 Å². The first kappa shape index (κ1) is 19.5. The molecule has 0 fully saturated rings. The highest BCUT2D eigenvalue weighted by molar-refractivity contribution is 5.94. The lowest BCUT2D eigenvalue weighted by molar-refractivity contribution is -0.122. The fourth-order valence-electron chi connectivity index (χ4n) is 2.84. The summed E-state index contributed by atoms with van der Waals surface area (Å²) in [6.07, 6.45) is 0.712. The Hall–Kier alpha value is -3.22. The fourth-order valence-corrected chi connectivity index (χ4v) is 2.84. The Morgan fingerprint density at radius 3 is 2.64 bits per heavy atom. The van der Waals surface area contributed by atoms with E-state index in [0.29, 0.717) is 11.3 Å². The van der Waals surface area contributed by atoms with E-state index in [1.807, 2.05) is 6.92 Å². The number of carbonyl (C=O) groups is 1. The zero-order valence-corrected chi connectivity index (χ0v) is 15.4. The highest BCUT2D eigenvalue weighted by atomic mass is 19.2. The van der Waals surface area contributed by atoms with Crippen molar-refractivity contribution in [1.82, 2.24) is 0 Å². The summed E-state index contributed by atoms with van der Waals surface area (Å²) in [7, 11) is 0. The number of anilines is 1. The Bertz CT molecular complexity index is 1080. The maximum atomic E-state index is 13.3. The summed E-state index contributed by atoms with van der Waals surface area (Å²) < 4.78 is 37.1. The lowest BCUT2D eigenvalue weighted by Gasteiger charge is -2.15. The standard InChI is InChI=1S/C21H19F2NO4/c1-3-4-13-9-20(25)28-19-11-15(6-7-16(13)19)27-12(2)21(26)24-14-5-8-17(22)18(23)10-14/h5-12H,3-4H2,1-2H3,(H,24,26)/t12-/m1/s1. The number of hydrogen-bond donors (Lipinski definition) is 1. The fraction of sp³-hybridized carbons (Fsp3) is 0.238. The van der Waals surface area contributed by atoms with Crippen molar-refractivity contribution < 1.29 is 22.7 Å². The molecule has 0 radical (unpaired) electrons. The van der Waals surface area contributed by atoms with Crippen molar-refractivity contribution in [3.63, 3.8) is 0 Å². The summed E-state index contributed by atoms with van der Waals surface area (Å²) in [6, 6.07) is 9.56. The molecule has 7 heteroatoms. The lowest BCUT2D eigenvalue weighted by Crippen LogP contribution is -2.30. The monoisotopic (exact) mass is 387 g/mol. The third-order valence-corrected chi connectivity index (χ3v) is 4.19. The summed E-state index contributed by atoms with van der Waals surface area (Å²) in [5.41, 5.74) is 0.941. The molecule has 146 valence electrons. The first-order valence-corrected chi connectivity index (χ1v) is 8.86. The number of amides is 1. The quantitative estimate of drug-likeness (QED) is 0.636. The van der Waals surface area contributed by atoms with Gasteiger partial charge in [-0.25, -0.2) is 13.6 Å². The predicted molar refractivity (Wildman–Crippen MR) is 102 cm³/mol. The molecule has 0 bridgehead atoms. The number of halogens is 2. The first-order valence-electron chi connectivity index (χ1n) is 8.86. The highest BCUT2D eigenvalue weighted by Crippen LogP contribution is 2.24. The second-order valence-corrected chi connectivity index (χ2v) is 6.38. The minimum Gasteiger partial charge on any atom is -0.481 e. The van der Waals surface area contributed by atoms with Crippen LogP contribution in [-0.2, 0) is 11.2 Å². The molecule has 1 atom stereocenters. The first-order chi connectivity index (χ1) is 13.4. The molecule has 28 heavy (non-hydrogen) atoms. The van der Waals surface area contributed by atoms with Gasteiger partial charge in [0, 0.05) is 29.3 Å². The highest BCUT2D eigenvalue weighted by Gasteiger charge is 2.16. The summed E-state index contributed by atoms with van der Waals surface area (Å²) in [5, 5.41) is 3.27. The van der Waals surface area contributed by atoms with E-state index >= 15 is 0 Å². The molecule has 0 aliphatic rings. The number of benzene rings is 2. The van der Waals surface area contributed by atoms with E-state index in [4.69, 9.17) is 9.15 Å². The smallest absolute Gasteiger partial charge is 0.336 e. The van der Waals surface area contributed by atoms with Crippen LogP contribution < -0.4 is 15.7 Å². The van der Waals surface area contributed by atoms with Crippen molar-refractivity contribution >= 4 is 22.6 Å². The number of aryl methyl sites for hydroxylation is 1. The maximum Gasteiger partial charge on any atom is 0.336 e. The molecule has 1 heterocycles. The third-order valence-electron chi connectivity index (χ3n) is 4.19. The molecule has 0 unspecified atom stereocenters. The molecule has 5 nitrogen and oxygen atoms in total. The summed E-state index contributed by atoms with van der Waals surface area (Å²) in [5.74, 6) is -2.24. The van der Waals surface area contributed by atoms with E-state index in [9.17, 15) is 18.4 Å². The molecule has 0 aliphatic carbocycles. The molecule has 1 amide bonds. The van der Waals surface area contributed by atoms with Crippen LogP contribution in [0.25, 0.3) is 11.0 Å². The minimum absolute atomic E-state index is 0.119. The zero-order chi connectivity index (χ0) is 20.3. The molecule has 0 saturated carbocycles. The van der Waals surface area contributed by atoms with Gasteiger partial charge in [-0.3, -0.25) is 4.79 Å². The van der Waals surface area contributed by atoms with E-state index in [0.717, 1.165) is 35.9 Å². The Labute approximate surface area is 159 Å². The number of nitrogens with one attached hydrogen (secondary N) is 1. The van der Waals surface area contributed by atoms with E-state index in [2.05, 4.69) is 5.32 Å². The molecule has 0 spiro atoms. The predicted octanol–water partition coefficient (Wildman–Crippen LogP) is 4.43. The van der Waals surface area contributed by atoms with Crippen molar-refractivity contribution in [3.05, 3.63) is 70.1 Å². The molecular formula is C21H19F2NO4. The summed E-state index contributed by atoms with van der Waals surface area (Å²) in [4.78, 5) is 24.0. The van der Waals surface area contributed by atoms with Gasteiger partial charge in [0.15, 0.2) is 17.7 Å². The van der Waals surface area contributed by atoms with Gasteiger partial charge in [0.05, 0.1) is 0 Å². The number of ether oxygens (including phenoxy) is 1. The van der Waals surface area contributed by atoms with Crippen LogP contribution in [0.5, 0.6) is 5.75 Å². The van der Waals surface area contributed by atoms with Crippen molar-refractivity contribution in [2.24, 2.45) is 0 Å². The Morgan fingerprint density at radius 2 is 1.93 bits per heavy atom. The van der Waals surface area contributed by atoms with E-state index < -0.39 is 29.3 Å². The van der Waals surface area contributed by atoms with Crippen LogP contribution in [0.3, 0.4) is 0 Å². The van der Waals surface area contributed by atoms with Crippen LogP contribution in [0.1, 0.15) is 25.8 Å². The van der Waals surface area contributed by atoms with Gasteiger partial charge in [-0.15, -0.1) is 0 Å². The van der Waals surface area contributed by atoms with Gasteiger partial charge in [0.1, 0.15) is 11.3 Å². The normalized spacial score (nSPS) is 12.0. The van der Waals surface area contributed by atoms with Gasteiger partial charge in [0.25, 0.3) is 5.91 Å². The van der Waals surface area contributed by atoms with Crippen LogP contribution in [0.15, 0.2) is 51.7 Å². The van der Waals surface area contributed by atoms with E-state index in [1.165, 1.54) is 19.1 Å². The molecule has 0 aliphatic heterocycles. The van der Waals surface area contributed by atoms with Gasteiger partial charge < -0.3 is 14.5 Å². The average Bonchev–Trinajstić information content (AvgIpc) is 2.64. The van der Waals surface area contributed by atoms with Crippen molar-refractivity contribution in [1.29, 1.82) is 0 Å². The average molecular weight is 387 g/mol. The van der Waals surface area contributed by atoms with Crippen molar-refractivity contribution in [3.8, 4) is 5.75 Å². The van der Waals surface area contributed by atoms with Crippen molar-refractivity contribution in [2.75, 3.05) is 5.32 Å². The number of rotatable bonds is 6. The SMILES string of the molecule is CCCc1cc(=O)oc2cc(O[C@H](C)C(=O)Nc3ccc(F)c(F)c3)ccc12. The Kier molecular flexibility index (Phi) is 5.73. The number of carbonyl (C=O) groups excluding carboxylic acids is 1. The molecule has 3 rings (SSSR count). The summed E-state index contributed by atoms with van der Waals surface area (Å²) >= 11 is 0. The van der Waals surface area contributed by atoms with Gasteiger partial charge in [0.2, 0.25) is 0 Å². The second kappa shape index (κ2) is 8.21. The van der Waals surface area contributed by atoms with Gasteiger partial charge >= 0.3 is 5.63 Å². The lowest BCUT2D eigenvalue weighted by atomic mass is 10.1. The van der Waals surface area contributed by atoms with Crippen LogP contribution in [0.4, 0.5) is 14.5 Å². The van der Waals surface area contributed by atoms with Crippen LogP contribution >= 0.6 is 0 Å². The molecule has 1 N–H and O–H groups in total. The van der Waals surface area contributed by atoms with Crippen LogP contribution in [0, 0.1) is 11.6 Å². The Morgan fingerprint density at radius 1 is 1.14 bits per heavy atom. The van der Waals surface area contributed by atoms with E-state index in [1.54, 1.807) is 18.2 Å². The number of fused-ring (bicyclic) bond motifs is 1.